The monoisotopic (exact) mass is 200 g/mol. The van der Waals surface area contributed by atoms with Gasteiger partial charge in [-0.05, 0) is 27.7 Å². The zero-order valence-electron chi connectivity index (χ0n) is 7.53. The van der Waals surface area contributed by atoms with Crippen molar-refractivity contribution in [2.24, 2.45) is 10.2 Å². The van der Waals surface area contributed by atoms with Crippen LogP contribution in [0.2, 0.25) is 0 Å². The summed E-state index contributed by atoms with van der Waals surface area (Å²) >= 11 is 0. The van der Waals surface area contributed by atoms with Crippen molar-refractivity contribution < 1.29 is 10.1 Å². The second-order valence-corrected chi connectivity index (χ2v) is 3.51. The zero-order chi connectivity index (χ0) is 8.91. The fourth-order valence-corrected chi connectivity index (χ4v) is 0.401. The third-order valence-corrected chi connectivity index (χ3v) is 0.889. The zero-order valence-corrected chi connectivity index (χ0v) is 7.53. The Morgan fingerprint density at radius 3 is 2.25 bits per heavy atom. The first-order valence-electron chi connectivity index (χ1n) is 3.64. The molecule has 0 aromatic heterocycles. The molecule has 0 aliphatic rings. The van der Waals surface area contributed by atoms with Crippen molar-refractivity contribution in [1.29, 1.82) is 0 Å². The summed E-state index contributed by atoms with van der Waals surface area (Å²) < 4.78 is 0. The summed E-state index contributed by atoms with van der Waals surface area (Å²) in [5.74, 6) is 0. The van der Waals surface area contributed by atoms with Crippen molar-refractivity contribution >= 4 is 51.4 Å². The molecular formula is C7H17KN2O2. The average Bonchev–Trinajstić information content (AvgIpc) is 1.85. The van der Waals surface area contributed by atoms with Gasteiger partial charge in [0.05, 0.1) is 12.1 Å². The SMILES string of the molecule is CC(C/N=N/C(C)(C)C)OO.[KH]. The third kappa shape index (κ3) is 11.2. The van der Waals surface area contributed by atoms with Gasteiger partial charge in [-0.1, -0.05) is 0 Å². The molecule has 5 heteroatoms. The fraction of sp³-hybridized carbons (Fsp3) is 1.00. The summed E-state index contributed by atoms with van der Waals surface area (Å²) in [4.78, 5) is 4.01. The molecule has 4 nitrogen and oxygen atoms in total. The van der Waals surface area contributed by atoms with Crippen LogP contribution in [0.1, 0.15) is 27.7 Å². The van der Waals surface area contributed by atoms with Gasteiger partial charge in [0.1, 0.15) is 6.10 Å². The van der Waals surface area contributed by atoms with E-state index in [1.54, 1.807) is 6.92 Å². The molecule has 0 spiro atoms. The van der Waals surface area contributed by atoms with Gasteiger partial charge in [-0.25, -0.2) is 4.89 Å². The molecule has 1 N–H and O–H groups in total. The predicted octanol–water partition coefficient (Wildman–Crippen LogP) is 1.47. The van der Waals surface area contributed by atoms with Crippen LogP contribution < -0.4 is 0 Å². The van der Waals surface area contributed by atoms with Crippen molar-refractivity contribution in [3.63, 3.8) is 0 Å². The Kier molecular flexibility index (Phi) is 9.83. The van der Waals surface area contributed by atoms with Crippen molar-refractivity contribution in [2.45, 2.75) is 39.3 Å². The topological polar surface area (TPSA) is 54.2 Å². The van der Waals surface area contributed by atoms with Crippen LogP contribution in [0.25, 0.3) is 0 Å². The van der Waals surface area contributed by atoms with Gasteiger partial charge in [-0.3, -0.25) is 5.26 Å². The van der Waals surface area contributed by atoms with Crippen LogP contribution in [0.4, 0.5) is 0 Å². The van der Waals surface area contributed by atoms with E-state index in [0.717, 1.165) is 0 Å². The molecule has 0 fully saturated rings. The Morgan fingerprint density at radius 1 is 1.42 bits per heavy atom. The van der Waals surface area contributed by atoms with E-state index in [1.165, 1.54) is 0 Å². The van der Waals surface area contributed by atoms with Crippen LogP contribution in [-0.4, -0.2) is 74.8 Å². The number of nitrogens with zero attached hydrogens (tertiary/aromatic N) is 2. The van der Waals surface area contributed by atoms with Gasteiger partial charge in [0, 0.05) is 0 Å². The van der Waals surface area contributed by atoms with E-state index in [-0.39, 0.29) is 63.0 Å². The van der Waals surface area contributed by atoms with E-state index in [4.69, 9.17) is 5.26 Å². The minimum absolute atomic E-state index is 0. The number of azo groups is 1. The van der Waals surface area contributed by atoms with Crippen LogP contribution in [0.5, 0.6) is 0 Å². The Balaban J connectivity index is 0. The number of hydrogen-bond acceptors (Lipinski definition) is 4. The summed E-state index contributed by atoms with van der Waals surface area (Å²) in [5, 5.41) is 16.0. The molecule has 0 rings (SSSR count). The van der Waals surface area contributed by atoms with Gasteiger partial charge in [0.15, 0.2) is 0 Å². The standard InChI is InChI=1S/C7H16N2O2.K.H/c1-6(11-10)5-8-9-7(2,3)4;;/h6,10H,5H2,1-4H3;;/b9-8+;;. The maximum absolute atomic E-state index is 8.16. The molecule has 0 saturated heterocycles. The summed E-state index contributed by atoms with van der Waals surface area (Å²) in [6.45, 7) is 8.00. The predicted molar refractivity (Wildman–Crippen MR) is 49.8 cm³/mol. The van der Waals surface area contributed by atoms with Gasteiger partial charge < -0.3 is 0 Å². The molecule has 0 saturated carbocycles. The molecule has 0 aliphatic carbocycles. The second-order valence-electron chi connectivity index (χ2n) is 3.51. The molecule has 0 bridgehead atoms. The van der Waals surface area contributed by atoms with Gasteiger partial charge in [0.25, 0.3) is 0 Å². The van der Waals surface area contributed by atoms with Crippen molar-refractivity contribution in [1.82, 2.24) is 0 Å². The first-order valence-corrected chi connectivity index (χ1v) is 3.64. The summed E-state index contributed by atoms with van der Waals surface area (Å²) in [6.07, 6.45) is -0.277. The Morgan fingerprint density at radius 2 is 1.92 bits per heavy atom. The van der Waals surface area contributed by atoms with Crippen LogP contribution in [0, 0.1) is 0 Å². The Hall–Kier alpha value is 1.16. The molecule has 0 heterocycles. The van der Waals surface area contributed by atoms with E-state index in [2.05, 4.69) is 15.1 Å². The molecule has 0 aromatic rings. The van der Waals surface area contributed by atoms with E-state index in [0.29, 0.717) is 6.54 Å². The van der Waals surface area contributed by atoms with E-state index in [9.17, 15) is 0 Å². The molecule has 0 radical (unpaired) electrons. The molecule has 0 aliphatic heterocycles. The molecule has 0 amide bonds. The summed E-state index contributed by atoms with van der Waals surface area (Å²) in [6, 6.07) is 0. The number of hydrogen-bond donors (Lipinski definition) is 1. The first-order chi connectivity index (χ1) is 4.95. The maximum atomic E-state index is 8.16. The molecule has 1 unspecified atom stereocenters. The van der Waals surface area contributed by atoms with Crippen molar-refractivity contribution in [3.8, 4) is 0 Å². The van der Waals surface area contributed by atoms with Gasteiger partial charge >= 0.3 is 51.4 Å². The molecule has 12 heavy (non-hydrogen) atoms. The quantitative estimate of drug-likeness (QED) is 0.324. The Labute approximate surface area is 116 Å². The fourth-order valence-electron chi connectivity index (χ4n) is 0.401. The minimum atomic E-state index is -0.277. The van der Waals surface area contributed by atoms with Crippen LogP contribution in [-0.2, 0) is 4.89 Å². The van der Waals surface area contributed by atoms with Gasteiger partial charge in [0.2, 0.25) is 0 Å². The molecule has 1 atom stereocenters. The molecule has 0 aromatic carbocycles. The first kappa shape index (κ1) is 15.6. The molecular weight excluding hydrogens is 183 g/mol. The normalized spacial score (nSPS) is 14.4. The van der Waals surface area contributed by atoms with Crippen LogP contribution in [0.15, 0.2) is 10.2 Å². The van der Waals surface area contributed by atoms with Gasteiger partial charge in [-0.2, -0.15) is 10.2 Å². The molecule has 68 valence electrons. The van der Waals surface area contributed by atoms with E-state index in [1.807, 2.05) is 20.8 Å². The Bertz CT molecular complexity index is 134. The van der Waals surface area contributed by atoms with E-state index < -0.39 is 0 Å². The second kappa shape index (κ2) is 7.55. The summed E-state index contributed by atoms with van der Waals surface area (Å²) in [7, 11) is 0. The number of rotatable bonds is 3. The van der Waals surface area contributed by atoms with E-state index >= 15 is 0 Å². The summed E-state index contributed by atoms with van der Waals surface area (Å²) in [5.41, 5.74) is -0.144. The van der Waals surface area contributed by atoms with Crippen molar-refractivity contribution in [3.05, 3.63) is 0 Å². The van der Waals surface area contributed by atoms with Crippen LogP contribution in [0.3, 0.4) is 0 Å². The average molecular weight is 200 g/mol. The van der Waals surface area contributed by atoms with Gasteiger partial charge in [-0.15, -0.1) is 0 Å². The van der Waals surface area contributed by atoms with Crippen LogP contribution >= 0.6 is 0 Å². The van der Waals surface area contributed by atoms with Crippen molar-refractivity contribution in [2.75, 3.05) is 6.54 Å². The third-order valence-electron chi connectivity index (χ3n) is 0.889.